The maximum absolute atomic E-state index is 10.8. The van der Waals surface area contributed by atoms with E-state index in [1.807, 2.05) is 0 Å². The molecule has 0 fully saturated rings. The Hall–Kier alpha value is -1.42. The molecule has 0 aliphatic rings. The van der Waals surface area contributed by atoms with Gasteiger partial charge in [-0.25, -0.2) is 4.79 Å². The molecule has 2 aromatic rings. The number of carbonyl (C=O) groups is 1. The summed E-state index contributed by atoms with van der Waals surface area (Å²) in [7, 11) is 0. The summed E-state index contributed by atoms with van der Waals surface area (Å²) in [4.78, 5) is 10.8. The number of hydrogen-bond donors (Lipinski definition) is 1. The molecule has 0 spiro atoms. The van der Waals surface area contributed by atoms with Gasteiger partial charge in [-0.15, -0.1) is 0 Å². The zero-order valence-electron chi connectivity index (χ0n) is 10.1. The summed E-state index contributed by atoms with van der Waals surface area (Å²) in [6, 6.07) is 9.49. The van der Waals surface area contributed by atoms with Gasteiger partial charge in [-0.2, -0.15) is 0 Å². The van der Waals surface area contributed by atoms with E-state index in [4.69, 9.17) is 44.6 Å². The van der Waals surface area contributed by atoms with Gasteiger partial charge in [0.2, 0.25) is 0 Å². The van der Waals surface area contributed by atoms with Gasteiger partial charge in [0.15, 0.2) is 0 Å². The summed E-state index contributed by atoms with van der Waals surface area (Å²) in [6.07, 6.45) is 0. The van der Waals surface area contributed by atoms with Gasteiger partial charge >= 0.3 is 5.97 Å². The highest BCUT2D eigenvalue weighted by molar-refractivity contribution is 6.42. The molecule has 0 heterocycles. The fourth-order valence-electron chi connectivity index (χ4n) is 1.57. The van der Waals surface area contributed by atoms with E-state index in [-0.39, 0.29) is 17.2 Å². The van der Waals surface area contributed by atoms with Crippen LogP contribution in [0.1, 0.15) is 15.9 Å². The number of halogens is 3. The van der Waals surface area contributed by atoms with Crippen LogP contribution in [0.4, 0.5) is 0 Å². The summed E-state index contributed by atoms with van der Waals surface area (Å²) in [5.41, 5.74) is 0.820. The molecular weight excluding hydrogens is 323 g/mol. The molecule has 0 radical (unpaired) electrons. The van der Waals surface area contributed by atoms with Crippen LogP contribution in [0.5, 0.6) is 5.75 Å². The summed E-state index contributed by atoms with van der Waals surface area (Å²) in [6.45, 7) is 0.186. The van der Waals surface area contributed by atoms with Gasteiger partial charge < -0.3 is 9.84 Å². The molecule has 0 aliphatic heterocycles. The molecule has 2 aromatic carbocycles. The molecule has 2 rings (SSSR count). The molecule has 0 atom stereocenters. The third-order valence-corrected chi connectivity index (χ3v) is 3.75. The maximum Gasteiger partial charge on any atom is 0.335 e. The van der Waals surface area contributed by atoms with E-state index in [0.29, 0.717) is 15.8 Å². The Morgan fingerprint density at radius 2 is 1.85 bits per heavy atom. The molecule has 0 bridgehead atoms. The summed E-state index contributed by atoms with van der Waals surface area (Å²) >= 11 is 17.9. The van der Waals surface area contributed by atoms with E-state index in [2.05, 4.69) is 0 Å². The van der Waals surface area contributed by atoms with Crippen LogP contribution >= 0.6 is 34.8 Å². The Balaban J connectivity index is 2.15. The quantitative estimate of drug-likeness (QED) is 0.864. The zero-order chi connectivity index (χ0) is 14.7. The minimum absolute atomic E-state index is 0.100. The second-order valence-electron chi connectivity index (χ2n) is 3.95. The van der Waals surface area contributed by atoms with Crippen molar-refractivity contribution in [3.05, 3.63) is 62.6 Å². The molecule has 3 nitrogen and oxygen atoms in total. The topological polar surface area (TPSA) is 46.5 Å². The maximum atomic E-state index is 10.8. The molecular formula is C14H9Cl3O3. The van der Waals surface area contributed by atoms with Crippen molar-refractivity contribution in [3.63, 3.8) is 0 Å². The van der Waals surface area contributed by atoms with Crippen LogP contribution < -0.4 is 4.74 Å². The van der Waals surface area contributed by atoms with E-state index < -0.39 is 5.97 Å². The average Bonchev–Trinajstić information content (AvgIpc) is 2.41. The Morgan fingerprint density at radius 1 is 1.10 bits per heavy atom. The highest BCUT2D eigenvalue weighted by Gasteiger charge is 2.09. The van der Waals surface area contributed by atoms with Crippen LogP contribution in [-0.4, -0.2) is 11.1 Å². The van der Waals surface area contributed by atoms with Gasteiger partial charge in [0.25, 0.3) is 0 Å². The minimum Gasteiger partial charge on any atom is -0.487 e. The van der Waals surface area contributed by atoms with E-state index in [9.17, 15) is 4.79 Å². The van der Waals surface area contributed by atoms with E-state index in [1.165, 1.54) is 18.2 Å². The first-order valence-electron chi connectivity index (χ1n) is 5.57. The van der Waals surface area contributed by atoms with Gasteiger partial charge in [0.1, 0.15) is 12.4 Å². The summed E-state index contributed by atoms with van der Waals surface area (Å²) in [5, 5.41) is 9.94. The van der Waals surface area contributed by atoms with E-state index >= 15 is 0 Å². The number of carboxylic acids is 1. The molecule has 20 heavy (non-hydrogen) atoms. The number of benzene rings is 2. The van der Waals surface area contributed by atoms with Crippen LogP contribution in [0.25, 0.3) is 0 Å². The van der Waals surface area contributed by atoms with Gasteiger partial charge in [-0.3, -0.25) is 0 Å². The lowest BCUT2D eigenvalue weighted by atomic mass is 10.2. The molecule has 104 valence electrons. The van der Waals surface area contributed by atoms with Crippen molar-refractivity contribution in [2.75, 3.05) is 0 Å². The van der Waals surface area contributed by atoms with E-state index in [1.54, 1.807) is 18.2 Å². The summed E-state index contributed by atoms with van der Waals surface area (Å²) < 4.78 is 5.53. The average molecular weight is 332 g/mol. The van der Waals surface area contributed by atoms with Crippen molar-refractivity contribution < 1.29 is 14.6 Å². The van der Waals surface area contributed by atoms with Gasteiger partial charge in [-0.05, 0) is 24.3 Å². The van der Waals surface area contributed by atoms with Crippen molar-refractivity contribution in [3.8, 4) is 5.75 Å². The molecule has 0 saturated carbocycles. The lowest BCUT2D eigenvalue weighted by Gasteiger charge is -2.10. The predicted octanol–water partition coefficient (Wildman–Crippen LogP) is 4.92. The minimum atomic E-state index is -1.05. The number of aromatic carboxylic acids is 1. The molecule has 0 aliphatic carbocycles. The first-order chi connectivity index (χ1) is 9.49. The largest absolute Gasteiger partial charge is 0.487 e. The second-order valence-corrected chi connectivity index (χ2v) is 5.14. The fraction of sp³-hybridized carbons (Fsp3) is 0.0714. The van der Waals surface area contributed by atoms with Crippen molar-refractivity contribution in [2.45, 2.75) is 6.61 Å². The van der Waals surface area contributed by atoms with Gasteiger partial charge in [0, 0.05) is 5.56 Å². The van der Waals surface area contributed by atoms with Crippen molar-refractivity contribution in [2.24, 2.45) is 0 Å². The van der Waals surface area contributed by atoms with Crippen molar-refractivity contribution >= 4 is 40.8 Å². The van der Waals surface area contributed by atoms with Crippen LogP contribution in [0.2, 0.25) is 15.1 Å². The van der Waals surface area contributed by atoms with Gasteiger partial charge in [-0.1, -0.05) is 46.9 Å². The molecule has 6 heteroatoms. The third-order valence-electron chi connectivity index (χ3n) is 2.59. The molecule has 0 unspecified atom stereocenters. The van der Waals surface area contributed by atoms with Crippen LogP contribution in [-0.2, 0) is 6.61 Å². The van der Waals surface area contributed by atoms with Crippen LogP contribution in [0.15, 0.2) is 36.4 Å². The predicted molar refractivity (Wildman–Crippen MR) is 79.2 cm³/mol. The van der Waals surface area contributed by atoms with Crippen molar-refractivity contribution in [1.82, 2.24) is 0 Å². The number of rotatable bonds is 4. The molecule has 0 saturated heterocycles. The molecule has 0 amide bonds. The Bertz CT molecular complexity index is 656. The number of carboxylic acid groups (broad SMARTS) is 1. The second kappa shape index (κ2) is 6.35. The summed E-state index contributed by atoms with van der Waals surface area (Å²) in [5.74, 6) is -0.663. The van der Waals surface area contributed by atoms with Crippen LogP contribution in [0.3, 0.4) is 0 Å². The fourth-order valence-corrected chi connectivity index (χ4v) is 2.18. The highest BCUT2D eigenvalue weighted by Crippen LogP contribution is 2.29. The first kappa shape index (κ1) is 15.0. The molecule has 0 aromatic heterocycles. The lowest BCUT2D eigenvalue weighted by molar-refractivity contribution is 0.0697. The standard InChI is InChI=1S/C14H9Cl3O3/c15-10-3-1-2-9(13(10)17)7-20-12-5-4-8(14(18)19)6-11(12)16/h1-6H,7H2,(H,18,19). The SMILES string of the molecule is O=C(O)c1ccc(OCc2cccc(Cl)c2Cl)c(Cl)c1. The monoisotopic (exact) mass is 330 g/mol. The first-order valence-corrected chi connectivity index (χ1v) is 6.71. The Kier molecular flexibility index (Phi) is 4.76. The number of hydrogen-bond acceptors (Lipinski definition) is 2. The van der Waals surface area contributed by atoms with Crippen LogP contribution in [0, 0.1) is 0 Å². The van der Waals surface area contributed by atoms with Gasteiger partial charge in [0.05, 0.1) is 20.6 Å². The zero-order valence-corrected chi connectivity index (χ0v) is 12.3. The van der Waals surface area contributed by atoms with E-state index in [0.717, 1.165) is 5.56 Å². The Labute approximate surface area is 130 Å². The Morgan fingerprint density at radius 3 is 2.50 bits per heavy atom. The normalized spacial score (nSPS) is 10.3. The molecule has 1 N–H and O–H groups in total. The van der Waals surface area contributed by atoms with Crippen molar-refractivity contribution in [1.29, 1.82) is 0 Å². The highest BCUT2D eigenvalue weighted by atomic mass is 35.5. The smallest absolute Gasteiger partial charge is 0.335 e. The lowest BCUT2D eigenvalue weighted by Crippen LogP contribution is -1.99. The third kappa shape index (κ3) is 3.37. The number of ether oxygens (including phenoxy) is 1.